The summed E-state index contributed by atoms with van der Waals surface area (Å²) in [6, 6.07) is 19.3. The number of carbonyl (C=O) groups excluding carboxylic acids is 1. The summed E-state index contributed by atoms with van der Waals surface area (Å²) in [6.45, 7) is 1.93. The molecule has 0 aliphatic rings. The number of hydrogen-bond acceptors (Lipinski definition) is 6. The van der Waals surface area contributed by atoms with Gasteiger partial charge in [-0.3, -0.25) is 9.48 Å². The van der Waals surface area contributed by atoms with Crippen molar-refractivity contribution in [2.75, 3.05) is 12.4 Å². The van der Waals surface area contributed by atoms with E-state index in [0.717, 1.165) is 11.3 Å². The normalized spacial score (nSPS) is 11.5. The van der Waals surface area contributed by atoms with E-state index in [1.54, 1.807) is 23.0 Å². The van der Waals surface area contributed by atoms with Crippen LogP contribution in [-0.2, 0) is 16.9 Å². The van der Waals surface area contributed by atoms with Crippen LogP contribution in [0.4, 0.5) is 5.69 Å². The SMILES string of the molecule is COc1cc(NC(=O)c2cc(-c3cnn(C)c3C)nc3ccccc23)cc(S(=O)(=O)c2ccc(Cl)cc2)c1. The standard InChI is InChI=1S/C28H23ClN4O4S/c1-17-25(16-30-33(17)2)27-15-24(23-6-4-5-7-26(23)32-27)28(34)31-19-12-20(37-3)14-22(13-19)38(35,36)21-10-8-18(29)9-11-21/h4-16H,1-3H3,(H,31,34). The lowest BCUT2D eigenvalue weighted by molar-refractivity contribution is 0.102. The van der Waals surface area contributed by atoms with Crippen LogP contribution < -0.4 is 10.1 Å². The molecule has 0 unspecified atom stereocenters. The molecule has 0 radical (unpaired) electrons. The summed E-state index contributed by atoms with van der Waals surface area (Å²) < 4.78 is 33.7. The van der Waals surface area contributed by atoms with Gasteiger partial charge in [0.25, 0.3) is 5.91 Å². The smallest absolute Gasteiger partial charge is 0.256 e. The molecule has 8 nitrogen and oxygen atoms in total. The predicted molar refractivity (Wildman–Crippen MR) is 147 cm³/mol. The van der Waals surface area contributed by atoms with E-state index in [1.165, 1.54) is 43.5 Å². The molecule has 5 rings (SSSR count). The lowest BCUT2D eigenvalue weighted by atomic mass is 10.0. The van der Waals surface area contributed by atoms with Gasteiger partial charge in [-0.05, 0) is 55.5 Å². The van der Waals surface area contributed by atoms with Crippen molar-refractivity contribution in [2.45, 2.75) is 16.7 Å². The summed E-state index contributed by atoms with van der Waals surface area (Å²) in [7, 11) is -0.632. The molecule has 2 aromatic heterocycles. The lowest BCUT2D eigenvalue weighted by Gasteiger charge is -2.13. The fourth-order valence-corrected chi connectivity index (χ4v) is 5.56. The molecule has 1 amide bonds. The quantitative estimate of drug-likeness (QED) is 0.293. The van der Waals surface area contributed by atoms with Gasteiger partial charge in [0.05, 0.1) is 39.9 Å². The Labute approximate surface area is 224 Å². The Kier molecular flexibility index (Phi) is 6.64. The van der Waals surface area contributed by atoms with E-state index in [2.05, 4.69) is 10.4 Å². The first-order valence-corrected chi connectivity index (χ1v) is 13.4. The topological polar surface area (TPSA) is 103 Å². The number of nitrogens with one attached hydrogen (secondary N) is 1. The number of amides is 1. The zero-order valence-electron chi connectivity index (χ0n) is 20.8. The number of benzene rings is 3. The van der Waals surface area contributed by atoms with Crippen molar-refractivity contribution in [1.82, 2.24) is 14.8 Å². The number of fused-ring (bicyclic) bond motifs is 1. The number of carbonyl (C=O) groups is 1. The van der Waals surface area contributed by atoms with Gasteiger partial charge in [0.15, 0.2) is 0 Å². The number of methoxy groups -OCH3 is 1. The maximum Gasteiger partial charge on any atom is 0.256 e. The number of sulfone groups is 1. The van der Waals surface area contributed by atoms with Crippen molar-refractivity contribution >= 4 is 43.9 Å². The number of hydrogen-bond donors (Lipinski definition) is 1. The van der Waals surface area contributed by atoms with Gasteiger partial charge in [-0.15, -0.1) is 0 Å². The largest absolute Gasteiger partial charge is 0.497 e. The fraction of sp³-hybridized carbons (Fsp3) is 0.107. The summed E-state index contributed by atoms with van der Waals surface area (Å²) in [5.41, 5.74) is 3.63. The Balaban J connectivity index is 1.57. The first-order chi connectivity index (χ1) is 18.2. The van der Waals surface area contributed by atoms with Gasteiger partial charge in [0, 0.05) is 40.5 Å². The number of ether oxygens (including phenoxy) is 1. The molecule has 0 spiro atoms. The van der Waals surface area contributed by atoms with Crippen LogP contribution in [0.25, 0.3) is 22.2 Å². The van der Waals surface area contributed by atoms with Crippen molar-refractivity contribution in [3.8, 4) is 17.0 Å². The van der Waals surface area contributed by atoms with Crippen LogP contribution in [0.1, 0.15) is 16.1 Å². The van der Waals surface area contributed by atoms with Gasteiger partial charge in [0.2, 0.25) is 9.84 Å². The molecule has 3 aromatic carbocycles. The average molecular weight is 547 g/mol. The van der Waals surface area contributed by atoms with Gasteiger partial charge in [0.1, 0.15) is 5.75 Å². The molecule has 0 aliphatic heterocycles. The average Bonchev–Trinajstić information content (AvgIpc) is 3.25. The van der Waals surface area contributed by atoms with Crippen molar-refractivity contribution in [2.24, 2.45) is 7.05 Å². The summed E-state index contributed by atoms with van der Waals surface area (Å²) in [5, 5.41) is 8.22. The van der Waals surface area contributed by atoms with Crippen molar-refractivity contribution in [1.29, 1.82) is 0 Å². The number of aromatic nitrogens is 3. The van der Waals surface area contributed by atoms with Crippen molar-refractivity contribution < 1.29 is 17.9 Å². The maximum absolute atomic E-state index is 13.6. The number of halogens is 1. The van der Waals surface area contributed by atoms with E-state index in [1.807, 2.05) is 38.2 Å². The van der Waals surface area contributed by atoms with Crippen LogP contribution in [-0.4, -0.2) is 36.2 Å². The van der Waals surface area contributed by atoms with Crippen LogP contribution in [0.15, 0.2) is 88.8 Å². The Hall–Kier alpha value is -4.21. The van der Waals surface area contributed by atoms with Crippen LogP contribution >= 0.6 is 11.6 Å². The summed E-state index contributed by atoms with van der Waals surface area (Å²) in [4.78, 5) is 18.4. The molecule has 0 atom stereocenters. The third-order valence-corrected chi connectivity index (χ3v) is 8.28. The monoisotopic (exact) mass is 546 g/mol. The van der Waals surface area contributed by atoms with Gasteiger partial charge >= 0.3 is 0 Å². The van der Waals surface area contributed by atoms with E-state index in [4.69, 9.17) is 21.3 Å². The minimum Gasteiger partial charge on any atom is -0.497 e. The van der Waals surface area contributed by atoms with E-state index in [-0.39, 0.29) is 21.2 Å². The van der Waals surface area contributed by atoms with Crippen LogP contribution in [0.5, 0.6) is 5.75 Å². The Bertz CT molecular complexity index is 1800. The first-order valence-electron chi connectivity index (χ1n) is 11.6. The second kappa shape index (κ2) is 9.92. The highest BCUT2D eigenvalue weighted by Crippen LogP contribution is 2.31. The molecule has 0 fully saturated rings. The van der Waals surface area contributed by atoms with Crippen LogP contribution in [0, 0.1) is 6.92 Å². The lowest BCUT2D eigenvalue weighted by Crippen LogP contribution is -2.14. The van der Waals surface area contributed by atoms with Gasteiger partial charge in [-0.1, -0.05) is 29.8 Å². The number of para-hydroxylation sites is 1. The first kappa shape index (κ1) is 25.4. The third kappa shape index (κ3) is 4.73. The number of aryl methyl sites for hydroxylation is 1. The van der Waals surface area contributed by atoms with Crippen LogP contribution in [0.2, 0.25) is 5.02 Å². The van der Waals surface area contributed by atoms with E-state index < -0.39 is 15.7 Å². The molecule has 192 valence electrons. The van der Waals surface area contributed by atoms with Crippen molar-refractivity contribution in [3.05, 3.63) is 95.3 Å². The summed E-state index contributed by atoms with van der Waals surface area (Å²) in [5.74, 6) is -0.143. The second-order valence-electron chi connectivity index (χ2n) is 8.65. The van der Waals surface area contributed by atoms with E-state index in [9.17, 15) is 13.2 Å². The fourth-order valence-electron chi connectivity index (χ4n) is 4.12. The second-order valence-corrected chi connectivity index (χ2v) is 11.0. The summed E-state index contributed by atoms with van der Waals surface area (Å²) in [6.07, 6.45) is 1.71. The Morgan fingerprint density at radius 2 is 1.74 bits per heavy atom. The Morgan fingerprint density at radius 1 is 1.00 bits per heavy atom. The maximum atomic E-state index is 13.6. The highest BCUT2D eigenvalue weighted by atomic mass is 35.5. The highest BCUT2D eigenvalue weighted by Gasteiger charge is 2.21. The molecule has 0 saturated carbocycles. The minimum atomic E-state index is -3.90. The molecule has 10 heteroatoms. The molecule has 0 saturated heterocycles. The molecule has 5 aromatic rings. The molecule has 0 aliphatic carbocycles. The number of rotatable bonds is 6. The van der Waals surface area contributed by atoms with Gasteiger partial charge in [-0.2, -0.15) is 5.10 Å². The molecular formula is C28H23ClN4O4S. The Morgan fingerprint density at radius 3 is 2.42 bits per heavy atom. The zero-order chi connectivity index (χ0) is 27.0. The summed E-state index contributed by atoms with van der Waals surface area (Å²) >= 11 is 5.93. The minimum absolute atomic E-state index is 0.0271. The molecule has 1 N–H and O–H groups in total. The van der Waals surface area contributed by atoms with Gasteiger partial charge < -0.3 is 10.1 Å². The third-order valence-electron chi connectivity index (χ3n) is 6.28. The van der Waals surface area contributed by atoms with E-state index in [0.29, 0.717) is 27.2 Å². The van der Waals surface area contributed by atoms with Crippen molar-refractivity contribution in [3.63, 3.8) is 0 Å². The molecule has 2 heterocycles. The highest BCUT2D eigenvalue weighted by molar-refractivity contribution is 7.91. The number of anilines is 1. The van der Waals surface area contributed by atoms with Crippen LogP contribution in [0.3, 0.4) is 0 Å². The number of nitrogens with zero attached hydrogens (tertiary/aromatic N) is 3. The molecular weight excluding hydrogens is 524 g/mol. The van der Waals surface area contributed by atoms with E-state index >= 15 is 0 Å². The number of pyridine rings is 1. The van der Waals surface area contributed by atoms with Gasteiger partial charge in [-0.25, -0.2) is 13.4 Å². The predicted octanol–water partition coefficient (Wildman–Crippen LogP) is 5.69. The zero-order valence-corrected chi connectivity index (χ0v) is 22.3. The molecule has 0 bridgehead atoms. The molecule has 38 heavy (non-hydrogen) atoms.